The molecule has 1 aliphatic rings. The first-order valence-corrected chi connectivity index (χ1v) is 7.82. The Hall–Kier alpha value is -2.35. The van der Waals surface area contributed by atoms with Gasteiger partial charge in [-0.25, -0.2) is 4.79 Å². The first-order chi connectivity index (χ1) is 11.2. The van der Waals surface area contributed by atoms with Crippen molar-refractivity contribution in [2.45, 2.75) is 45.4 Å². The number of rotatable bonds is 4. The number of alkyl carbamates (subject to hydrolysis) is 1. The number of nitrogens with one attached hydrogen (secondary N) is 1. The molecule has 0 saturated carbocycles. The van der Waals surface area contributed by atoms with E-state index in [1.807, 2.05) is 4.90 Å². The lowest BCUT2D eigenvalue weighted by Gasteiger charge is -2.22. The van der Waals surface area contributed by atoms with Crippen molar-refractivity contribution >= 4 is 17.5 Å². The van der Waals surface area contributed by atoms with Crippen LogP contribution in [0, 0.1) is 10.1 Å². The van der Waals surface area contributed by atoms with E-state index in [-0.39, 0.29) is 18.3 Å². The van der Waals surface area contributed by atoms with Crippen LogP contribution in [0.4, 0.5) is 16.2 Å². The lowest BCUT2D eigenvalue weighted by atomic mass is 10.1. The van der Waals surface area contributed by atoms with Gasteiger partial charge in [-0.2, -0.15) is 0 Å². The van der Waals surface area contributed by atoms with Gasteiger partial charge in [-0.3, -0.25) is 10.1 Å². The summed E-state index contributed by atoms with van der Waals surface area (Å²) in [5, 5.41) is 23.3. The van der Waals surface area contributed by atoms with E-state index in [9.17, 15) is 20.0 Å². The highest BCUT2D eigenvalue weighted by Gasteiger charge is 2.29. The van der Waals surface area contributed by atoms with E-state index in [2.05, 4.69) is 5.32 Å². The van der Waals surface area contributed by atoms with Crippen LogP contribution in [0.25, 0.3) is 0 Å². The van der Waals surface area contributed by atoms with Crippen molar-refractivity contribution in [1.82, 2.24) is 5.32 Å². The third kappa shape index (κ3) is 4.58. The fourth-order valence-corrected chi connectivity index (χ4v) is 2.65. The number of aliphatic hydroxyl groups is 1. The van der Waals surface area contributed by atoms with Gasteiger partial charge in [-0.15, -0.1) is 0 Å². The average Bonchev–Trinajstić information content (AvgIpc) is 2.92. The van der Waals surface area contributed by atoms with Gasteiger partial charge in [0.15, 0.2) is 0 Å². The smallest absolute Gasteiger partial charge is 0.407 e. The summed E-state index contributed by atoms with van der Waals surface area (Å²) >= 11 is 0. The van der Waals surface area contributed by atoms with Crippen LogP contribution in [0.2, 0.25) is 0 Å². The Bertz CT molecular complexity index is 627. The summed E-state index contributed by atoms with van der Waals surface area (Å²) in [6.07, 6.45) is 0.174. The van der Waals surface area contributed by atoms with Crippen LogP contribution >= 0.6 is 0 Å². The summed E-state index contributed by atoms with van der Waals surface area (Å²) in [4.78, 5) is 24.5. The van der Waals surface area contributed by atoms with Gasteiger partial charge in [-0.1, -0.05) is 0 Å². The molecule has 1 aromatic carbocycles. The number of nitro benzene ring substituents is 1. The largest absolute Gasteiger partial charge is 0.444 e. The van der Waals surface area contributed by atoms with E-state index in [4.69, 9.17) is 4.74 Å². The number of hydrogen-bond acceptors (Lipinski definition) is 6. The van der Waals surface area contributed by atoms with Gasteiger partial charge >= 0.3 is 6.09 Å². The van der Waals surface area contributed by atoms with E-state index >= 15 is 0 Å². The average molecular weight is 337 g/mol. The van der Waals surface area contributed by atoms with Crippen molar-refractivity contribution in [2.24, 2.45) is 0 Å². The molecular formula is C16H23N3O5. The number of carbonyl (C=O) groups is 1. The number of carbonyl (C=O) groups excluding carboxylic acids is 1. The van der Waals surface area contributed by atoms with Crippen LogP contribution in [0.3, 0.4) is 0 Å². The topological polar surface area (TPSA) is 105 Å². The Kier molecular flexibility index (Phi) is 5.28. The van der Waals surface area contributed by atoms with E-state index in [0.717, 1.165) is 0 Å². The highest BCUT2D eigenvalue weighted by molar-refractivity contribution is 5.69. The molecule has 0 radical (unpaired) electrons. The number of ether oxygens (including phenoxy) is 1. The van der Waals surface area contributed by atoms with Crippen LogP contribution in [0.15, 0.2) is 18.2 Å². The Labute approximate surface area is 140 Å². The summed E-state index contributed by atoms with van der Waals surface area (Å²) < 4.78 is 5.23. The molecule has 1 aromatic rings. The number of amides is 1. The maximum atomic E-state index is 11.8. The standard InChI is InChI=1S/C16H23N3O5/c1-16(2,3)24-15(21)17-12-6-7-18(9-12)14-8-11(10-20)4-5-13(14)19(22)23/h4-5,8,12,20H,6-7,9-10H2,1-3H3,(H,17,21). The SMILES string of the molecule is CC(C)(C)OC(=O)NC1CCN(c2cc(CO)ccc2[N+](=O)[O-])C1. The molecule has 8 heteroatoms. The van der Waals surface area contributed by atoms with Crippen LogP contribution in [-0.4, -0.2) is 40.9 Å². The second-order valence-corrected chi connectivity index (χ2v) is 6.82. The summed E-state index contributed by atoms with van der Waals surface area (Å²) in [7, 11) is 0. The minimum atomic E-state index is -0.573. The maximum absolute atomic E-state index is 11.8. The van der Waals surface area contributed by atoms with Crippen molar-refractivity contribution in [1.29, 1.82) is 0 Å². The molecule has 0 aromatic heterocycles. The minimum Gasteiger partial charge on any atom is -0.444 e. The van der Waals surface area contributed by atoms with Crippen molar-refractivity contribution in [3.8, 4) is 0 Å². The molecule has 24 heavy (non-hydrogen) atoms. The summed E-state index contributed by atoms with van der Waals surface area (Å²) in [5.41, 5.74) is 0.487. The number of hydrogen-bond donors (Lipinski definition) is 2. The molecule has 1 atom stereocenters. The lowest BCUT2D eigenvalue weighted by Crippen LogP contribution is -2.40. The zero-order chi connectivity index (χ0) is 17.9. The molecule has 0 spiro atoms. The third-order valence-electron chi connectivity index (χ3n) is 3.67. The number of nitrogens with zero attached hydrogens (tertiary/aromatic N) is 2. The Morgan fingerprint density at radius 1 is 1.50 bits per heavy atom. The molecule has 1 aliphatic heterocycles. The molecule has 2 rings (SSSR count). The fraction of sp³-hybridized carbons (Fsp3) is 0.562. The van der Waals surface area contributed by atoms with Gasteiger partial charge in [0.2, 0.25) is 0 Å². The highest BCUT2D eigenvalue weighted by atomic mass is 16.6. The van der Waals surface area contributed by atoms with Crippen molar-refractivity contribution in [3.63, 3.8) is 0 Å². The third-order valence-corrected chi connectivity index (χ3v) is 3.67. The second-order valence-electron chi connectivity index (χ2n) is 6.82. The van der Waals surface area contributed by atoms with Crippen molar-refractivity contribution in [2.75, 3.05) is 18.0 Å². The minimum absolute atomic E-state index is 0.00915. The number of aliphatic hydroxyl groups excluding tert-OH is 1. The van der Waals surface area contributed by atoms with E-state index in [1.165, 1.54) is 12.1 Å². The Morgan fingerprint density at radius 3 is 2.79 bits per heavy atom. The number of nitro groups is 1. The van der Waals surface area contributed by atoms with Crippen LogP contribution in [0.5, 0.6) is 0 Å². The summed E-state index contributed by atoms with van der Waals surface area (Å²) in [5.74, 6) is 0. The van der Waals surface area contributed by atoms with Crippen molar-refractivity contribution in [3.05, 3.63) is 33.9 Å². The zero-order valence-corrected chi connectivity index (χ0v) is 14.1. The Balaban J connectivity index is 2.08. The molecule has 1 amide bonds. The zero-order valence-electron chi connectivity index (χ0n) is 14.1. The monoisotopic (exact) mass is 337 g/mol. The molecule has 1 unspecified atom stereocenters. The predicted octanol–water partition coefficient (Wildman–Crippen LogP) is 2.19. The molecule has 1 heterocycles. The second kappa shape index (κ2) is 7.04. The van der Waals surface area contributed by atoms with Gasteiger partial charge in [0, 0.05) is 19.2 Å². The van der Waals surface area contributed by atoms with Crippen molar-refractivity contribution < 1.29 is 19.6 Å². The van der Waals surface area contributed by atoms with Gasteiger partial charge in [0.05, 0.1) is 17.6 Å². The molecule has 8 nitrogen and oxygen atoms in total. The normalized spacial score (nSPS) is 17.7. The Morgan fingerprint density at radius 2 is 2.21 bits per heavy atom. The number of benzene rings is 1. The molecular weight excluding hydrogens is 314 g/mol. The van der Waals surface area contributed by atoms with E-state index in [0.29, 0.717) is 30.8 Å². The lowest BCUT2D eigenvalue weighted by molar-refractivity contribution is -0.384. The molecule has 1 saturated heterocycles. The molecule has 0 bridgehead atoms. The van der Waals surface area contributed by atoms with E-state index in [1.54, 1.807) is 26.8 Å². The number of anilines is 1. The first kappa shape index (κ1) is 18.0. The quantitative estimate of drug-likeness (QED) is 0.644. The van der Waals surface area contributed by atoms with Gasteiger partial charge < -0.3 is 20.1 Å². The maximum Gasteiger partial charge on any atom is 0.407 e. The highest BCUT2D eigenvalue weighted by Crippen LogP contribution is 2.32. The summed E-state index contributed by atoms with van der Waals surface area (Å²) in [6, 6.07) is 4.41. The molecule has 1 fully saturated rings. The fourth-order valence-electron chi connectivity index (χ4n) is 2.65. The first-order valence-electron chi connectivity index (χ1n) is 7.82. The van der Waals surface area contributed by atoms with Crippen LogP contribution in [-0.2, 0) is 11.3 Å². The van der Waals surface area contributed by atoms with E-state index < -0.39 is 16.6 Å². The van der Waals surface area contributed by atoms with Crippen LogP contribution in [0.1, 0.15) is 32.8 Å². The molecule has 2 N–H and O–H groups in total. The van der Waals surface area contributed by atoms with Gasteiger partial charge in [0.25, 0.3) is 5.69 Å². The summed E-state index contributed by atoms with van der Waals surface area (Å²) in [6.45, 7) is 6.22. The predicted molar refractivity (Wildman–Crippen MR) is 89.0 cm³/mol. The van der Waals surface area contributed by atoms with Gasteiger partial charge in [-0.05, 0) is 44.9 Å². The molecule has 0 aliphatic carbocycles. The van der Waals surface area contributed by atoms with Gasteiger partial charge in [0.1, 0.15) is 11.3 Å². The van der Waals surface area contributed by atoms with Crippen LogP contribution < -0.4 is 10.2 Å². The molecule has 132 valence electrons.